The lowest BCUT2D eigenvalue weighted by molar-refractivity contribution is 0.261. The van der Waals surface area contributed by atoms with E-state index in [0.717, 1.165) is 12.5 Å². The average molecular weight is 219 g/mol. The van der Waals surface area contributed by atoms with Crippen LogP contribution in [0.2, 0.25) is 0 Å². The molecule has 1 unspecified atom stereocenters. The molecule has 0 amide bonds. The molecule has 0 radical (unpaired) electrons. The Bertz CT molecular complexity index is 295. The van der Waals surface area contributed by atoms with Crippen molar-refractivity contribution >= 4 is 0 Å². The molecule has 1 heterocycles. The number of hydrogen-bond donors (Lipinski definition) is 1. The molecule has 1 aromatic heterocycles. The topological polar surface area (TPSA) is 37.8 Å². The lowest BCUT2D eigenvalue weighted by Crippen LogP contribution is -2.26. The first-order valence-electron chi connectivity index (χ1n) is 6.40. The first-order valence-corrected chi connectivity index (χ1v) is 6.40. The second kappa shape index (κ2) is 5.94. The fourth-order valence-corrected chi connectivity index (χ4v) is 2.22. The largest absolute Gasteiger partial charge is 0.310 e. The van der Waals surface area contributed by atoms with Crippen LogP contribution in [0, 0.1) is 5.92 Å². The second-order valence-electron chi connectivity index (χ2n) is 4.72. The van der Waals surface area contributed by atoms with Gasteiger partial charge < -0.3 is 5.32 Å². The van der Waals surface area contributed by atoms with Gasteiger partial charge in [0, 0.05) is 12.2 Å². The predicted molar refractivity (Wildman–Crippen MR) is 65.0 cm³/mol. The van der Waals surface area contributed by atoms with E-state index in [2.05, 4.69) is 28.5 Å². The monoisotopic (exact) mass is 219 g/mol. The van der Waals surface area contributed by atoms with Gasteiger partial charge in [0.05, 0.1) is 6.20 Å². The molecule has 88 valence electrons. The number of hydrogen-bond acceptors (Lipinski definition) is 3. The quantitative estimate of drug-likeness (QED) is 0.799. The Morgan fingerprint density at radius 3 is 2.88 bits per heavy atom. The molecule has 0 aromatic carbocycles. The highest BCUT2D eigenvalue weighted by atomic mass is 15.1. The highest BCUT2D eigenvalue weighted by molar-refractivity contribution is 5.11. The average Bonchev–Trinajstić information content (AvgIpc) is 2.28. The van der Waals surface area contributed by atoms with Crippen LogP contribution < -0.4 is 5.32 Å². The van der Waals surface area contributed by atoms with Gasteiger partial charge in [-0.3, -0.25) is 0 Å². The number of rotatable bonds is 6. The SMILES string of the molecule is CCCNC(CC1CCC1)c1ccnnc1. The molecule has 0 saturated heterocycles. The summed E-state index contributed by atoms with van der Waals surface area (Å²) in [5.74, 6) is 0.919. The summed E-state index contributed by atoms with van der Waals surface area (Å²) in [6.07, 6.45) is 10.3. The summed E-state index contributed by atoms with van der Waals surface area (Å²) in [5, 5.41) is 11.4. The van der Waals surface area contributed by atoms with Crippen molar-refractivity contribution in [3.8, 4) is 0 Å². The van der Waals surface area contributed by atoms with Crippen LogP contribution in [0.3, 0.4) is 0 Å². The lowest BCUT2D eigenvalue weighted by Gasteiger charge is -2.30. The van der Waals surface area contributed by atoms with Crippen LogP contribution >= 0.6 is 0 Å². The minimum Gasteiger partial charge on any atom is -0.310 e. The van der Waals surface area contributed by atoms with E-state index < -0.39 is 0 Å². The third-order valence-corrected chi connectivity index (χ3v) is 3.44. The van der Waals surface area contributed by atoms with E-state index in [-0.39, 0.29) is 0 Å². The number of nitrogens with one attached hydrogen (secondary N) is 1. The highest BCUT2D eigenvalue weighted by Gasteiger charge is 2.22. The maximum Gasteiger partial charge on any atom is 0.0544 e. The zero-order valence-electron chi connectivity index (χ0n) is 10.0. The maximum absolute atomic E-state index is 3.97. The maximum atomic E-state index is 3.97. The summed E-state index contributed by atoms with van der Waals surface area (Å²) in [5.41, 5.74) is 1.29. The molecule has 2 rings (SSSR count). The molecule has 16 heavy (non-hydrogen) atoms. The van der Waals surface area contributed by atoms with E-state index in [1.807, 2.05) is 6.20 Å². The fourth-order valence-electron chi connectivity index (χ4n) is 2.22. The molecule has 0 aliphatic heterocycles. The van der Waals surface area contributed by atoms with Gasteiger partial charge in [0.2, 0.25) is 0 Å². The first-order chi connectivity index (χ1) is 7.90. The van der Waals surface area contributed by atoms with Gasteiger partial charge in [-0.25, -0.2) is 0 Å². The smallest absolute Gasteiger partial charge is 0.0544 e. The van der Waals surface area contributed by atoms with Crippen molar-refractivity contribution < 1.29 is 0 Å². The van der Waals surface area contributed by atoms with Crippen LogP contribution in [0.5, 0.6) is 0 Å². The van der Waals surface area contributed by atoms with Gasteiger partial charge in [0.25, 0.3) is 0 Å². The molecular weight excluding hydrogens is 198 g/mol. The van der Waals surface area contributed by atoms with E-state index >= 15 is 0 Å². The molecule has 3 nitrogen and oxygen atoms in total. The van der Waals surface area contributed by atoms with Gasteiger partial charge in [-0.1, -0.05) is 26.2 Å². The van der Waals surface area contributed by atoms with E-state index in [9.17, 15) is 0 Å². The number of aromatic nitrogens is 2. The van der Waals surface area contributed by atoms with Crippen LogP contribution in [0.25, 0.3) is 0 Å². The molecule has 1 N–H and O–H groups in total. The molecule has 0 spiro atoms. The normalized spacial score (nSPS) is 18.1. The van der Waals surface area contributed by atoms with Gasteiger partial charge in [-0.15, -0.1) is 0 Å². The summed E-state index contributed by atoms with van der Waals surface area (Å²) in [6, 6.07) is 2.56. The van der Waals surface area contributed by atoms with Crippen molar-refractivity contribution in [2.45, 2.75) is 45.1 Å². The van der Waals surface area contributed by atoms with E-state index in [0.29, 0.717) is 6.04 Å². The number of nitrogens with zero attached hydrogens (tertiary/aromatic N) is 2. The van der Waals surface area contributed by atoms with Gasteiger partial charge in [-0.2, -0.15) is 10.2 Å². The standard InChI is InChI=1S/C13H21N3/c1-2-7-14-13(9-11-4-3-5-11)12-6-8-15-16-10-12/h6,8,10-11,13-14H,2-5,7,9H2,1H3. The highest BCUT2D eigenvalue weighted by Crippen LogP contribution is 2.34. The molecular formula is C13H21N3. The molecule has 1 aromatic rings. The van der Waals surface area contributed by atoms with Crippen LogP contribution in [0.1, 0.15) is 50.6 Å². The summed E-state index contributed by atoms with van der Waals surface area (Å²) in [6.45, 7) is 3.29. The molecule has 1 fully saturated rings. The van der Waals surface area contributed by atoms with Gasteiger partial charge in [0.15, 0.2) is 0 Å². The third kappa shape index (κ3) is 3.01. The minimum absolute atomic E-state index is 0.473. The van der Waals surface area contributed by atoms with Crippen molar-refractivity contribution in [3.05, 3.63) is 24.0 Å². The first kappa shape index (κ1) is 11.5. The molecule has 3 heteroatoms. The Morgan fingerprint density at radius 1 is 1.44 bits per heavy atom. The minimum atomic E-state index is 0.473. The summed E-state index contributed by atoms with van der Waals surface area (Å²) >= 11 is 0. The van der Waals surface area contributed by atoms with E-state index in [4.69, 9.17) is 0 Å². The predicted octanol–water partition coefficient (Wildman–Crippen LogP) is 2.71. The fraction of sp³-hybridized carbons (Fsp3) is 0.692. The van der Waals surface area contributed by atoms with Crippen molar-refractivity contribution in [1.82, 2.24) is 15.5 Å². The molecule has 0 bridgehead atoms. The van der Waals surface area contributed by atoms with Crippen LogP contribution in [0.15, 0.2) is 18.5 Å². The van der Waals surface area contributed by atoms with E-state index in [1.54, 1.807) is 6.20 Å². The molecule has 1 aliphatic carbocycles. The molecule has 1 aliphatic rings. The summed E-state index contributed by atoms with van der Waals surface area (Å²) < 4.78 is 0. The zero-order chi connectivity index (χ0) is 11.2. The molecule has 1 saturated carbocycles. The van der Waals surface area contributed by atoms with Crippen molar-refractivity contribution in [2.24, 2.45) is 5.92 Å². The van der Waals surface area contributed by atoms with Crippen molar-refractivity contribution in [3.63, 3.8) is 0 Å². The van der Waals surface area contributed by atoms with Gasteiger partial charge >= 0.3 is 0 Å². The van der Waals surface area contributed by atoms with Crippen LogP contribution in [-0.2, 0) is 0 Å². The third-order valence-electron chi connectivity index (χ3n) is 3.44. The Morgan fingerprint density at radius 2 is 2.31 bits per heavy atom. The van der Waals surface area contributed by atoms with Gasteiger partial charge in [0.1, 0.15) is 0 Å². The molecule has 1 atom stereocenters. The van der Waals surface area contributed by atoms with Gasteiger partial charge in [-0.05, 0) is 36.9 Å². The Hall–Kier alpha value is -0.960. The van der Waals surface area contributed by atoms with Crippen molar-refractivity contribution in [1.29, 1.82) is 0 Å². The van der Waals surface area contributed by atoms with Crippen molar-refractivity contribution in [2.75, 3.05) is 6.54 Å². The van der Waals surface area contributed by atoms with E-state index in [1.165, 1.54) is 37.7 Å². The Balaban J connectivity index is 1.95. The lowest BCUT2D eigenvalue weighted by atomic mass is 9.80. The Labute approximate surface area is 97.7 Å². The Kier molecular flexibility index (Phi) is 4.28. The van der Waals surface area contributed by atoms with Crippen LogP contribution in [-0.4, -0.2) is 16.7 Å². The summed E-state index contributed by atoms with van der Waals surface area (Å²) in [7, 11) is 0. The second-order valence-corrected chi connectivity index (χ2v) is 4.72. The zero-order valence-corrected chi connectivity index (χ0v) is 10.0. The van der Waals surface area contributed by atoms with Crippen LogP contribution in [0.4, 0.5) is 0 Å². The summed E-state index contributed by atoms with van der Waals surface area (Å²) in [4.78, 5) is 0.